The molecule has 7 N–H and O–H groups in total. The number of primary amides is 1. The Bertz CT molecular complexity index is 904. The predicted octanol–water partition coefficient (Wildman–Crippen LogP) is -2.06. The molecular formula is C22H35N7O6. The van der Waals surface area contributed by atoms with Gasteiger partial charge in [-0.1, -0.05) is 13.8 Å². The molecule has 0 spiro atoms. The Kier molecular flexibility index (Phi) is 10.2. The second kappa shape index (κ2) is 12.8. The first-order valence-corrected chi connectivity index (χ1v) is 11.6. The third-order valence-corrected chi connectivity index (χ3v) is 5.75. The van der Waals surface area contributed by atoms with E-state index >= 15 is 0 Å². The van der Waals surface area contributed by atoms with Crippen LogP contribution in [0.2, 0.25) is 0 Å². The Morgan fingerprint density at radius 1 is 1.14 bits per heavy atom. The van der Waals surface area contributed by atoms with Gasteiger partial charge < -0.3 is 36.7 Å². The van der Waals surface area contributed by atoms with Crippen LogP contribution in [0, 0.1) is 5.92 Å². The maximum atomic E-state index is 13.2. The Morgan fingerprint density at radius 2 is 1.80 bits per heavy atom. The highest BCUT2D eigenvalue weighted by Gasteiger charge is 2.35. The number of carbonyl (C=O) groups excluding carboxylic acids is 5. The SMILES string of the molecule is CC(=O)N1CCCC1C(=O)N[C@@H](CC(C)C)C(=O)N[C@@H](Cc1cnc[nH]1)C(=O)N[C@@H](CO)C(N)=O. The van der Waals surface area contributed by atoms with Gasteiger partial charge in [0.15, 0.2) is 0 Å². The van der Waals surface area contributed by atoms with Crippen LogP contribution >= 0.6 is 0 Å². The largest absolute Gasteiger partial charge is 0.394 e. The first-order chi connectivity index (χ1) is 16.5. The number of nitrogens with zero attached hydrogens (tertiary/aromatic N) is 2. The van der Waals surface area contributed by atoms with Crippen LogP contribution in [0.25, 0.3) is 0 Å². The summed E-state index contributed by atoms with van der Waals surface area (Å²) >= 11 is 0. The number of aliphatic hydroxyl groups excluding tert-OH is 1. The van der Waals surface area contributed by atoms with E-state index < -0.39 is 54.4 Å². The molecule has 4 atom stereocenters. The molecular weight excluding hydrogens is 458 g/mol. The molecule has 194 valence electrons. The Morgan fingerprint density at radius 3 is 2.34 bits per heavy atom. The minimum Gasteiger partial charge on any atom is -0.394 e. The van der Waals surface area contributed by atoms with Crippen LogP contribution in [0.4, 0.5) is 0 Å². The van der Waals surface area contributed by atoms with Crippen LogP contribution < -0.4 is 21.7 Å². The van der Waals surface area contributed by atoms with Gasteiger partial charge in [0.1, 0.15) is 24.2 Å². The van der Waals surface area contributed by atoms with E-state index in [4.69, 9.17) is 5.73 Å². The quantitative estimate of drug-likeness (QED) is 0.192. The van der Waals surface area contributed by atoms with Crippen molar-refractivity contribution in [3.63, 3.8) is 0 Å². The number of aromatic amines is 1. The fraction of sp³-hybridized carbons (Fsp3) is 0.636. The lowest BCUT2D eigenvalue weighted by atomic mass is 10.0. The van der Waals surface area contributed by atoms with E-state index in [1.807, 2.05) is 13.8 Å². The summed E-state index contributed by atoms with van der Waals surface area (Å²) in [6.07, 6.45) is 4.39. The number of aromatic nitrogens is 2. The zero-order chi connectivity index (χ0) is 26.1. The molecule has 0 aliphatic carbocycles. The number of carbonyl (C=O) groups is 5. The van der Waals surface area contributed by atoms with Gasteiger partial charge in [-0.2, -0.15) is 0 Å². The lowest BCUT2D eigenvalue weighted by Gasteiger charge is -2.27. The van der Waals surface area contributed by atoms with Crippen molar-refractivity contribution in [2.75, 3.05) is 13.2 Å². The fourth-order valence-electron chi connectivity index (χ4n) is 3.96. The van der Waals surface area contributed by atoms with Crippen molar-refractivity contribution in [1.29, 1.82) is 0 Å². The zero-order valence-corrected chi connectivity index (χ0v) is 20.2. The van der Waals surface area contributed by atoms with Crippen LogP contribution in [0.1, 0.15) is 45.7 Å². The molecule has 2 rings (SSSR count). The first kappa shape index (κ1) is 27.8. The lowest BCUT2D eigenvalue weighted by Crippen LogP contribution is -2.59. The highest BCUT2D eigenvalue weighted by atomic mass is 16.3. The second-order valence-electron chi connectivity index (χ2n) is 9.05. The monoisotopic (exact) mass is 493 g/mol. The molecule has 5 amide bonds. The number of rotatable bonds is 12. The molecule has 13 heteroatoms. The summed E-state index contributed by atoms with van der Waals surface area (Å²) in [6, 6.07) is -4.09. The molecule has 1 aromatic rings. The van der Waals surface area contributed by atoms with Crippen LogP contribution in [-0.4, -0.2) is 86.8 Å². The Balaban J connectivity index is 2.18. The van der Waals surface area contributed by atoms with E-state index in [1.165, 1.54) is 24.3 Å². The minimum absolute atomic E-state index is 0.0115. The van der Waals surface area contributed by atoms with Crippen molar-refractivity contribution in [3.8, 4) is 0 Å². The molecule has 1 unspecified atom stereocenters. The Hall–Kier alpha value is -3.48. The summed E-state index contributed by atoms with van der Waals surface area (Å²) in [7, 11) is 0. The van der Waals surface area contributed by atoms with Crippen molar-refractivity contribution in [3.05, 3.63) is 18.2 Å². The lowest BCUT2D eigenvalue weighted by molar-refractivity contribution is -0.138. The normalized spacial score (nSPS) is 18.0. The second-order valence-corrected chi connectivity index (χ2v) is 9.05. The van der Waals surface area contributed by atoms with Gasteiger partial charge in [-0.15, -0.1) is 0 Å². The summed E-state index contributed by atoms with van der Waals surface area (Å²) in [6.45, 7) is 4.95. The number of likely N-dealkylation sites (tertiary alicyclic amines) is 1. The third kappa shape index (κ3) is 8.05. The molecule has 35 heavy (non-hydrogen) atoms. The van der Waals surface area contributed by atoms with E-state index in [1.54, 1.807) is 0 Å². The van der Waals surface area contributed by atoms with Crippen LogP contribution in [0.3, 0.4) is 0 Å². The molecule has 13 nitrogen and oxygen atoms in total. The van der Waals surface area contributed by atoms with E-state index in [0.717, 1.165) is 0 Å². The van der Waals surface area contributed by atoms with Crippen molar-refractivity contribution in [2.24, 2.45) is 11.7 Å². The number of hydrogen-bond acceptors (Lipinski definition) is 7. The number of aliphatic hydroxyl groups is 1. The van der Waals surface area contributed by atoms with Gasteiger partial charge in [0.25, 0.3) is 0 Å². The van der Waals surface area contributed by atoms with Gasteiger partial charge in [-0.05, 0) is 25.2 Å². The molecule has 1 aromatic heterocycles. The smallest absolute Gasteiger partial charge is 0.243 e. The van der Waals surface area contributed by atoms with Gasteiger partial charge >= 0.3 is 0 Å². The summed E-state index contributed by atoms with van der Waals surface area (Å²) < 4.78 is 0. The maximum Gasteiger partial charge on any atom is 0.243 e. The van der Waals surface area contributed by atoms with E-state index in [2.05, 4.69) is 25.9 Å². The van der Waals surface area contributed by atoms with Crippen molar-refractivity contribution >= 4 is 29.5 Å². The topological polar surface area (TPSA) is 200 Å². The average molecular weight is 494 g/mol. The van der Waals surface area contributed by atoms with E-state index in [0.29, 0.717) is 31.5 Å². The zero-order valence-electron chi connectivity index (χ0n) is 20.2. The van der Waals surface area contributed by atoms with Crippen LogP contribution in [0.15, 0.2) is 12.5 Å². The molecule has 1 aliphatic heterocycles. The standard InChI is InChI=1S/C22H35N7O6/c1-12(2)7-15(27-22(35)18-5-4-6-29(18)13(3)31)20(33)26-16(8-14-9-24-11-25-14)21(34)28-17(10-30)19(23)32/h9,11-12,15-18,30H,4-8,10H2,1-3H3,(H2,23,32)(H,24,25)(H,26,33)(H,27,35)(H,28,34)/t15-,16-,17-,18?/m0/s1. The minimum atomic E-state index is -1.32. The van der Waals surface area contributed by atoms with E-state index in [-0.39, 0.29) is 18.2 Å². The van der Waals surface area contributed by atoms with Crippen molar-refractivity contribution < 1.29 is 29.1 Å². The summed E-state index contributed by atoms with van der Waals surface area (Å²) in [5.74, 6) is -2.87. The van der Waals surface area contributed by atoms with Gasteiger partial charge in [0.05, 0.1) is 12.9 Å². The van der Waals surface area contributed by atoms with Crippen molar-refractivity contribution in [1.82, 2.24) is 30.8 Å². The van der Waals surface area contributed by atoms with Crippen LogP contribution in [-0.2, 0) is 30.4 Å². The molecule has 0 saturated carbocycles. The third-order valence-electron chi connectivity index (χ3n) is 5.75. The number of nitrogens with one attached hydrogen (secondary N) is 4. The highest BCUT2D eigenvalue weighted by molar-refractivity contribution is 5.95. The van der Waals surface area contributed by atoms with Gasteiger partial charge in [-0.3, -0.25) is 24.0 Å². The molecule has 0 bridgehead atoms. The predicted molar refractivity (Wildman–Crippen MR) is 124 cm³/mol. The maximum absolute atomic E-state index is 13.2. The summed E-state index contributed by atoms with van der Waals surface area (Å²) in [5.41, 5.74) is 5.73. The van der Waals surface area contributed by atoms with Crippen LogP contribution in [0.5, 0.6) is 0 Å². The average Bonchev–Trinajstić information content (AvgIpc) is 3.47. The van der Waals surface area contributed by atoms with Gasteiger partial charge in [-0.25, -0.2) is 4.98 Å². The number of amides is 5. The van der Waals surface area contributed by atoms with Gasteiger partial charge in [0.2, 0.25) is 29.5 Å². The van der Waals surface area contributed by atoms with Gasteiger partial charge in [0, 0.05) is 31.8 Å². The fourth-order valence-corrected chi connectivity index (χ4v) is 3.96. The molecule has 1 aliphatic rings. The number of nitrogens with two attached hydrogens (primary N) is 1. The molecule has 0 radical (unpaired) electrons. The first-order valence-electron chi connectivity index (χ1n) is 11.6. The summed E-state index contributed by atoms with van der Waals surface area (Å²) in [5, 5.41) is 17.0. The highest BCUT2D eigenvalue weighted by Crippen LogP contribution is 2.18. The van der Waals surface area contributed by atoms with Crippen molar-refractivity contribution in [2.45, 2.75) is 70.6 Å². The molecule has 1 fully saturated rings. The number of imidazole rings is 1. The Labute approximate surface area is 203 Å². The summed E-state index contributed by atoms with van der Waals surface area (Å²) in [4.78, 5) is 70.5. The molecule has 2 heterocycles. The number of hydrogen-bond donors (Lipinski definition) is 6. The van der Waals surface area contributed by atoms with E-state index in [9.17, 15) is 29.1 Å². The molecule has 1 saturated heterocycles. The molecule has 0 aromatic carbocycles. The number of H-pyrrole nitrogens is 1.